The van der Waals surface area contributed by atoms with Crippen LogP contribution < -0.4 is 10.2 Å². The average Bonchev–Trinajstić information content (AvgIpc) is 2.94. The second-order valence-corrected chi connectivity index (χ2v) is 5.34. The maximum atomic E-state index is 12.3. The number of aromatic nitrogens is 3. The van der Waals surface area contributed by atoms with E-state index >= 15 is 0 Å². The van der Waals surface area contributed by atoms with Gasteiger partial charge in [-0.05, 0) is 19.1 Å². The van der Waals surface area contributed by atoms with Crippen LogP contribution in [0.4, 0.5) is 5.95 Å². The lowest BCUT2D eigenvalue weighted by atomic mass is 10.3. The monoisotopic (exact) mass is 288 g/mol. The van der Waals surface area contributed by atoms with Crippen LogP contribution in [-0.4, -0.2) is 65.2 Å². The molecule has 0 spiro atoms. The Bertz CT molecular complexity index is 646. The Balaban J connectivity index is 1.72. The number of amides is 1. The van der Waals surface area contributed by atoms with Gasteiger partial charge in [-0.15, -0.1) is 5.10 Å². The molecule has 0 aliphatic carbocycles. The molecule has 1 saturated heterocycles. The molecule has 0 aromatic carbocycles. The van der Waals surface area contributed by atoms with Gasteiger partial charge in [0.2, 0.25) is 11.9 Å². The fraction of sp³-hybridized carbons (Fsp3) is 0.500. The molecule has 1 N–H and O–H groups in total. The fourth-order valence-electron chi connectivity index (χ4n) is 2.47. The summed E-state index contributed by atoms with van der Waals surface area (Å²) in [4.78, 5) is 20.4. The molecule has 7 heteroatoms. The lowest BCUT2D eigenvalue weighted by molar-refractivity contribution is -0.130. The number of pyridine rings is 1. The third kappa shape index (κ3) is 2.82. The van der Waals surface area contributed by atoms with Gasteiger partial charge in [0.05, 0.1) is 6.54 Å². The van der Waals surface area contributed by atoms with E-state index in [-0.39, 0.29) is 5.91 Å². The van der Waals surface area contributed by atoms with Gasteiger partial charge in [0.1, 0.15) is 0 Å². The first-order valence-electron chi connectivity index (χ1n) is 7.17. The van der Waals surface area contributed by atoms with E-state index in [1.165, 1.54) is 0 Å². The highest BCUT2D eigenvalue weighted by atomic mass is 16.2. The molecule has 1 aliphatic heterocycles. The summed E-state index contributed by atoms with van der Waals surface area (Å²) in [6.07, 6.45) is 0. The summed E-state index contributed by atoms with van der Waals surface area (Å²) >= 11 is 0. The molecule has 0 atom stereocenters. The number of nitrogens with one attached hydrogen (secondary N) is 1. The summed E-state index contributed by atoms with van der Waals surface area (Å²) in [5.41, 5.74) is 1.82. The van der Waals surface area contributed by atoms with Crippen molar-refractivity contribution in [2.24, 2.45) is 0 Å². The van der Waals surface area contributed by atoms with Gasteiger partial charge in [-0.25, -0.2) is 4.52 Å². The van der Waals surface area contributed by atoms with E-state index in [4.69, 9.17) is 0 Å². The van der Waals surface area contributed by atoms with Crippen molar-refractivity contribution in [2.45, 2.75) is 6.92 Å². The van der Waals surface area contributed by atoms with Crippen LogP contribution in [0.15, 0.2) is 18.2 Å². The summed E-state index contributed by atoms with van der Waals surface area (Å²) < 4.78 is 1.79. The zero-order chi connectivity index (χ0) is 14.8. The molecule has 112 valence electrons. The van der Waals surface area contributed by atoms with E-state index in [1.807, 2.05) is 37.1 Å². The minimum absolute atomic E-state index is 0.120. The van der Waals surface area contributed by atoms with E-state index in [2.05, 4.69) is 15.4 Å². The number of hydrogen-bond donors (Lipinski definition) is 1. The zero-order valence-corrected chi connectivity index (χ0v) is 12.4. The van der Waals surface area contributed by atoms with Crippen LogP contribution >= 0.6 is 0 Å². The smallest absolute Gasteiger partial charge is 0.245 e. The Morgan fingerprint density at radius 1 is 1.38 bits per heavy atom. The molecule has 2 aromatic heterocycles. The fourth-order valence-corrected chi connectivity index (χ4v) is 2.47. The second-order valence-electron chi connectivity index (χ2n) is 5.34. The van der Waals surface area contributed by atoms with E-state index in [9.17, 15) is 4.79 Å². The molecule has 0 saturated carbocycles. The number of piperazine rings is 1. The van der Waals surface area contributed by atoms with Gasteiger partial charge in [-0.3, -0.25) is 4.79 Å². The van der Waals surface area contributed by atoms with Crippen molar-refractivity contribution in [2.75, 3.05) is 44.7 Å². The maximum Gasteiger partial charge on any atom is 0.245 e. The Morgan fingerprint density at radius 3 is 2.86 bits per heavy atom. The normalized spacial score (nSPS) is 15.4. The molecule has 7 nitrogen and oxygen atoms in total. The molecule has 0 bridgehead atoms. The van der Waals surface area contributed by atoms with Gasteiger partial charge in [0, 0.05) is 38.9 Å². The van der Waals surface area contributed by atoms with Crippen molar-refractivity contribution in [1.29, 1.82) is 0 Å². The lowest BCUT2D eigenvalue weighted by Gasteiger charge is -2.28. The van der Waals surface area contributed by atoms with Crippen molar-refractivity contribution in [3.05, 3.63) is 23.9 Å². The molecular formula is C14H20N6O. The van der Waals surface area contributed by atoms with Gasteiger partial charge < -0.3 is 15.1 Å². The molecule has 1 fully saturated rings. The van der Waals surface area contributed by atoms with Gasteiger partial charge in [0.25, 0.3) is 0 Å². The van der Waals surface area contributed by atoms with E-state index in [1.54, 1.807) is 9.42 Å². The molecular weight excluding hydrogens is 268 g/mol. The Labute approximate surface area is 123 Å². The van der Waals surface area contributed by atoms with Crippen LogP contribution in [0.2, 0.25) is 0 Å². The number of rotatable bonds is 3. The summed E-state index contributed by atoms with van der Waals surface area (Å²) in [5.74, 6) is 0.697. The van der Waals surface area contributed by atoms with E-state index < -0.39 is 0 Å². The standard InChI is InChI=1S/C14H20N6O/c1-11-4-3-5-12-16-14(17-20(11)12)18(2)10-13(21)19-8-6-15-7-9-19/h3-5,15H,6-10H2,1-2H3. The number of carbonyl (C=O) groups excluding carboxylic acids is 1. The predicted molar refractivity (Wildman–Crippen MR) is 80.4 cm³/mol. The number of anilines is 1. The molecule has 2 aromatic rings. The van der Waals surface area contributed by atoms with Crippen molar-refractivity contribution in [1.82, 2.24) is 24.8 Å². The molecule has 3 rings (SSSR count). The lowest BCUT2D eigenvalue weighted by Crippen LogP contribution is -2.49. The van der Waals surface area contributed by atoms with Crippen LogP contribution in [0.25, 0.3) is 5.65 Å². The molecule has 3 heterocycles. The molecule has 0 radical (unpaired) electrons. The SMILES string of the molecule is Cc1cccc2nc(N(C)CC(=O)N3CCNCC3)nn12. The molecule has 1 amide bonds. The van der Waals surface area contributed by atoms with Crippen molar-refractivity contribution >= 4 is 17.5 Å². The third-order valence-corrected chi connectivity index (χ3v) is 3.72. The quantitative estimate of drug-likeness (QED) is 0.855. The van der Waals surface area contributed by atoms with Gasteiger partial charge in [0.15, 0.2) is 5.65 Å². The van der Waals surface area contributed by atoms with Crippen molar-refractivity contribution in [3.8, 4) is 0 Å². The first kappa shape index (κ1) is 13.8. The topological polar surface area (TPSA) is 65.8 Å². The van der Waals surface area contributed by atoms with E-state index in [0.29, 0.717) is 12.5 Å². The second kappa shape index (κ2) is 5.69. The van der Waals surface area contributed by atoms with Gasteiger partial charge in [-0.1, -0.05) is 6.07 Å². The highest BCUT2D eigenvalue weighted by molar-refractivity contribution is 5.81. The number of hydrogen-bond acceptors (Lipinski definition) is 5. The van der Waals surface area contributed by atoms with Crippen LogP contribution in [-0.2, 0) is 4.79 Å². The highest BCUT2D eigenvalue weighted by Crippen LogP contribution is 2.11. The minimum Gasteiger partial charge on any atom is -0.339 e. The first-order valence-corrected chi connectivity index (χ1v) is 7.17. The number of carbonyl (C=O) groups is 1. The van der Waals surface area contributed by atoms with Crippen LogP contribution in [0.1, 0.15) is 5.69 Å². The average molecular weight is 288 g/mol. The highest BCUT2D eigenvalue weighted by Gasteiger charge is 2.19. The molecule has 21 heavy (non-hydrogen) atoms. The van der Waals surface area contributed by atoms with Gasteiger partial charge in [-0.2, -0.15) is 4.98 Å². The Hall–Kier alpha value is -2.15. The summed E-state index contributed by atoms with van der Waals surface area (Å²) in [7, 11) is 1.85. The van der Waals surface area contributed by atoms with Crippen LogP contribution in [0, 0.1) is 6.92 Å². The first-order chi connectivity index (χ1) is 10.1. The largest absolute Gasteiger partial charge is 0.339 e. The number of likely N-dealkylation sites (N-methyl/N-ethyl adjacent to an activating group) is 1. The molecule has 1 aliphatic rings. The summed E-state index contributed by atoms with van der Waals surface area (Å²) in [6, 6.07) is 5.85. The molecule has 0 unspecified atom stereocenters. The van der Waals surface area contributed by atoms with Crippen LogP contribution in [0.5, 0.6) is 0 Å². The minimum atomic E-state index is 0.120. The number of nitrogens with zero attached hydrogens (tertiary/aromatic N) is 5. The maximum absolute atomic E-state index is 12.3. The summed E-state index contributed by atoms with van der Waals surface area (Å²) in [5, 5.41) is 7.70. The van der Waals surface area contributed by atoms with Crippen molar-refractivity contribution in [3.63, 3.8) is 0 Å². The Kier molecular flexibility index (Phi) is 3.74. The Morgan fingerprint density at radius 2 is 2.14 bits per heavy atom. The predicted octanol–water partition coefficient (Wildman–Crippen LogP) is -0.0943. The zero-order valence-electron chi connectivity index (χ0n) is 12.4. The number of aryl methyl sites for hydroxylation is 1. The van der Waals surface area contributed by atoms with Gasteiger partial charge >= 0.3 is 0 Å². The van der Waals surface area contributed by atoms with Crippen molar-refractivity contribution < 1.29 is 4.79 Å². The summed E-state index contributed by atoms with van der Waals surface area (Å²) in [6.45, 7) is 5.55. The number of fused-ring (bicyclic) bond motifs is 1. The van der Waals surface area contributed by atoms with Crippen LogP contribution in [0.3, 0.4) is 0 Å². The van der Waals surface area contributed by atoms with E-state index in [0.717, 1.165) is 37.5 Å². The third-order valence-electron chi connectivity index (χ3n) is 3.72.